The zero-order chi connectivity index (χ0) is 23.7. The van der Waals surface area contributed by atoms with E-state index in [1.54, 1.807) is 6.07 Å². The molecule has 6 nitrogen and oxygen atoms in total. The topological polar surface area (TPSA) is 49.7 Å². The lowest BCUT2D eigenvalue weighted by molar-refractivity contribution is 0.0935. The number of carbonyl (C=O) groups excluding carboxylic acids is 1. The first kappa shape index (κ1) is 23.0. The molecule has 0 spiro atoms. The summed E-state index contributed by atoms with van der Waals surface area (Å²) in [6.45, 7) is 7.60. The van der Waals surface area contributed by atoms with Crippen LogP contribution in [0.1, 0.15) is 30.3 Å². The van der Waals surface area contributed by atoms with E-state index in [2.05, 4.69) is 22.0 Å². The summed E-state index contributed by atoms with van der Waals surface area (Å²) in [6.07, 6.45) is 1.77. The van der Waals surface area contributed by atoms with Crippen molar-refractivity contribution in [1.29, 1.82) is 0 Å². The maximum Gasteiger partial charge on any atom is 0.267 e. The molecule has 0 bridgehead atoms. The Morgan fingerprint density at radius 2 is 1.97 bits per heavy atom. The lowest BCUT2D eigenvalue weighted by Crippen LogP contribution is -2.47. The molecule has 1 aromatic heterocycles. The summed E-state index contributed by atoms with van der Waals surface area (Å²) < 4.78 is 22.2. The van der Waals surface area contributed by atoms with Gasteiger partial charge in [-0.15, -0.1) is 0 Å². The van der Waals surface area contributed by atoms with E-state index in [4.69, 9.17) is 16.3 Å². The molecule has 0 unspecified atom stereocenters. The molecule has 2 aromatic carbocycles. The number of halogens is 2. The second kappa shape index (κ2) is 9.84. The number of ether oxygens (including phenoxy) is 1. The third-order valence-electron chi connectivity index (χ3n) is 6.84. The van der Waals surface area contributed by atoms with Crippen molar-refractivity contribution >= 4 is 34.1 Å². The van der Waals surface area contributed by atoms with E-state index in [0.717, 1.165) is 62.2 Å². The maximum atomic E-state index is 14.0. The maximum absolute atomic E-state index is 14.0. The summed E-state index contributed by atoms with van der Waals surface area (Å²) in [7, 11) is 0. The highest BCUT2D eigenvalue weighted by Crippen LogP contribution is 2.38. The van der Waals surface area contributed by atoms with Crippen LogP contribution in [0.15, 0.2) is 42.5 Å². The van der Waals surface area contributed by atoms with Gasteiger partial charge < -0.3 is 19.5 Å². The van der Waals surface area contributed by atoms with Gasteiger partial charge in [-0.3, -0.25) is 9.69 Å². The van der Waals surface area contributed by atoms with Crippen molar-refractivity contribution in [2.75, 3.05) is 44.2 Å². The average Bonchev–Trinajstić information content (AvgIpc) is 3.25. The number of anilines is 1. The molecule has 0 radical (unpaired) electrons. The fraction of sp³-hybridized carbons (Fsp3) is 0.423. The number of nitrogens with zero attached hydrogens (tertiary/aromatic N) is 3. The van der Waals surface area contributed by atoms with Crippen LogP contribution >= 0.6 is 11.6 Å². The van der Waals surface area contributed by atoms with Gasteiger partial charge in [0.15, 0.2) is 0 Å². The summed E-state index contributed by atoms with van der Waals surface area (Å²) in [5.74, 6) is 0.534. The average molecular weight is 485 g/mol. The smallest absolute Gasteiger partial charge is 0.267 e. The first-order chi connectivity index (χ1) is 16.5. The summed E-state index contributed by atoms with van der Waals surface area (Å²) in [4.78, 5) is 17.5. The van der Waals surface area contributed by atoms with Gasteiger partial charge in [-0.25, -0.2) is 4.39 Å². The summed E-state index contributed by atoms with van der Waals surface area (Å²) >= 11 is 6.41. The molecule has 1 atom stereocenters. The van der Waals surface area contributed by atoms with Gasteiger partial charge in [0.2, 0.25) is 0 Å². The fourth-order valence-electron chi connectivity index (χ4n) is 4.94. The molecule has 2 aliphatic rings. The molecule has 180 valence electrons. The van der Waals surface area contributed by atoms with Crippen LogP contribution in [0.25, 0.3) is 10.9 Å². The van der Waals surface area contributed by atoms with Crippen molar-refractivity contribution in [3.63, 3.8) is 0 Å². The molecule has 3 heterocycles. The second-order valence-corrected chi connectivity index (χ2v) is 9.39. The Morgan fingerprint density at radius 3 is 2.74 bits per heavy atom. The van der Waals surface area contributed by atoms with Crippen molar-refractivity contribution in [1.82, 2.24) is 14.8 Å². The minimum absolute atomic E-state index is 0.0406. The number of aromatic nitrogens is 1. The lowest BCUT2D eigenvalue weighted by atomic mass is 10.2. The van der Waals surface area contributed by atoms with Crippen molar-refractivity contribution in [2.45, 2.75) is 32.4 Å². The number of hydrogen-bond donors (Lipinski definition) is 1. The Balaban J connectivity index is 1.15. The van der Waals surface area contributed by atoms with Gasteiger partial charge in [0, 0.05) is 38.1 Å². The third-order valence-corrected chi connectivity index (χ3v) is 7.17. The molecule has 1 amide bonds. The van der Waals surface area contributed by atoms with E-state index < -0.39 is 0 Å². The number of hydrogen-bond acceptors (Lipinski definition) is 4. The molecule has 5 rings (SSSR count). The van der Waals surface area contributed by atoms with Crippen LogP contribution in [0.3, 0.4) is 0 Å². The Labute approximate surface area is 204 Å². The van der Waals surface area contributed by atoms with Crippen LogP contribution in [-0.2, 0) is 6.54 Å². The highest BCUT2D eigenvalue weighted by molar-refractivity contribution is 6.36. The van der Waals surface area contributed by atoms with Crippen LogP contribution in [0.4, 0.5) is 10.1 Å². The number of carbonyl (C=O) groups is 1. The van der Waals surface area contributed by atoms with E-state index >= 15 is 0 Å². The fourth-order valence-corrected chi connectivity index (χ4v) is 5.14. The minimum atomic E-state index is -0.166. The van der Waals surface area contributed by atoms with Crippen molar-refractivity contribution in [3.05, 3.63) is 59.0 Å². The summed E-state index contributed by atoms with van der Waals surface area (Å²) in [5, 5.41) is 4.56. The normalized spacial score (nSPS) is 18.2. The molecule has 1 N–H and O–H groups in total. The van der Waals surface area contributed by atoms with Crippen LogP contribution in [0, 0.1) is 5.82 Å². The quantitative estimate of drug-likeness (QED) is 0.500. The van der Waals surface area contributed by atoms with Crippen molar-refractivity contribution < 1.29 is 13.9 Å². The summed E-state index contributed by atoms with van der Waals surface area (Å²) in [5.41, 5.74) is 2.21. The van der Waals surface area contributed by atoms with E-state index in [1.165, 1.54) is 6.07 Å². The van der Waals surface area contributed by atoms with Crippen LogP contribution in [0.5, 0.6) is 5.75 Å². The van der Waals surface area contributed by atoms with E-state index in [0.29, 0.717) is 29.5 Å². The molecular formula is C26H30ClFN4O2. The zero-order valence-electron chi connectivity index (χ0n) is 19.4. The molecule has 1 fully saturated rings. The standard InChI is InChI=1S/C26H30ClFN4O2/c1-2-18-17-32-23(16-19-20(27)8-9-24(34-18)25(19)32)26(33)29-10-5-11-30-12-14-31(15-13-30)22-7-4-3-6-21(22)28/h3-4,6-9,16,18H,2,5,10-15,17H2,1H3,(H,29,33)/t18-/m0/s1. The number of rotatable bonds is 7. The Morgan fingerprint density at radius 1 is 1.18 bits per heavy atom. The van der Waals surface area contributed by atoms with Gasteiger partial charge in [0.25, 0.3) is 5.91 Å². The second-order valence-electron chi connectivity index (χ2n) is 8.99. The first-order valence-electron chi connectivity index (χ1n) is 12.0. The van der Waals surface area contributed by atoms with E-state index in [-0.39, 0.29) is 17.8 Å². The van der Waals surface area contributed by atoms with Crippen LogP contribution < -0.4 is 15.0 Å². The lowest BCUT2D eigenvalue weighted by Gasteiger charge is -2.36. The predicted molar refractivity (Wildman–Crippen MR) is 134 cm³/mol. The van der Waals surface area contributed by atoms with Gasteiger partial charge in [-0.2, -0.15) is 0 Å². The van der Waals surface area contributed by atoms with Gasteiger partial charge in [-0.1, -0.05) is 30.7 Å². The van der Waals surface area contributed by atoms with Gasteiger partial charge in [-0.05, 0) is 49.7 Å². The minimum Gasteiger partial charge on any atom is -0.486 e. The number of nitrogens with one attached hydrogen (secondary N) is 1. The largest absolute Gasteiger partial charge is 0.486 e. The van der Waals surface area contributed by atoms with Crippen LogP contribution in [-0.4, -0.2) is 60.7 Å². The molecule has 1 saturated heterocycles. The van der Waals surface area contributed by atoms with Crippen LogP contribution in [0.2, 0.25) is 5.02 Å². The molecule has 34 heavy (non-hydrogen) atoms. The van der Waals surface area contributed by atoms with Gasteiger partial charge in [0.05, 0.1) is 22.8 Å². The number of amides is 1. The van der Waals surface area contributed by atoms with E-state index in [1.807, 2.05) is 34.9 Å². The SMILES string of the molecule is CC[C@H]1Cn2c(C(=O)NCCCN3CCN(c4ccccc4F)CC3)cc3c(Cl)ccc(c32)O1. The van der Waals surface area contributed by atoms with Crippen molar-refractivity contribution in [3.8, 4) is 5.75 Å². The monoisotopic (exact) mass is 484 g/mol. The molecular weight excluding hydrogens is 455 g/mol. The number of piperazine rings is 1. The predicted octanol–water partition coefficient (Wildman–Crippen LogP) is 4.55. The Kier molecular flexibility index (Phi) is 6.66. The van der Waals surface area contributed by atoms with E-state index in [9.17, 15) is 9.18 Å². The Bertz CT molecular complexity index is 1190. The highest BCUT2D eigenvalue weighted by atomic mass is 35.5. The molecule has 0 aliphatic carbocycles. The number of benzene rings is 2. The zero-order valence-corrected chi connectivity index (χ0v) is 20.2. The summed E-state index contributed by atoms with van der Waals surface area (Å²) in [6, 6.07) is 12.5. The molecule has 2 aliphatic heterocycles. The van der Waals surface area contributed by atoms with Gasteiger partial charge >= 0.3 is 0 Å². The van der Waals surface area contributed by atoms with Crippen molar-refractivity contribution in [2.24, 2.45) is 0 Å². The molecule has 8 heteroatoms. The Hall–Kier alpha value is -2.77. The molecule has 3 aromatic rings. The first-order valence-corrected chi connectivity index (χ1v) is 12.4. The molecule has 0 saturated carbocycles. The number of para-hydroxylation sites is 1. The highest BCUT2D eigenvalue weighted by Gasteiger charge is 2.27. The third kappa shape index (κ3) is 4.46. The van der Waals surface area contributed by atoms with Gasteiger partial charge in [0.1, 0.15) is 23.4 Å².